The van der Waals surface area contributed by atoms with E-state index < -0.39 is 28.0 Å². The normalized spacial score (nSPS) is 21.6. The van der Waals surface area contributed by atoms with Crippen LogP contribution in [0.4, 0.5) is 0 Å². The van der Waals surface area contributed by atoms with E-state index in [0.29, 0.717) is 12.2 Å². The Kier molecular flexibility index (Phi) is 9.00. The lowest BCUT2D eigenvalue weighted by Crippen LogP contribution is -2.53. The zero-order chi connectivity index (χ0) is 20.1. The van der Waals surface area contributed by atoms with E-state index in [1.165, 1.54) is 18.1 Å². The summed E-state index contributed by atoms with van der Waals surface area (Å²) < 4.78 is 3.79. The Morgan fingerprint density at radius 3 is 2.46 bits per heavy atom. The molecule has 1 aliphatic heterocycles. The summed E-state index contributed by atoms with van der Waals surface area (Å²) in [5.74, 6) is 0.0784. The van der Waals surface area contributed by atoms with Gasteiger partial charge in [0.1, 0.15) is 11.8 Å². The van der Waals surface area contributed by atoms with Gasteiger partial charge in [-0.25, -0.2) is 0 Å². The fourth-order valence-corrected chi connectivity index (χ4v) is 3.19. The highest BCUT2D eigenvalue weighted by Gasteiger charge is 2.41. The molecule has 0 spiro atoms. The highest BCUT2D eigenvalue weighted by molar-refractivity contribution is 6.67. The molecule has 0 aliphatic carbocycles. The molecule has 1 heterocycles. The molecule has 2 amide bonds. The minimum Gasteiger partial charge on any atom is -0.499 e. The van der Waals surface area contributed by atoms with Gasteiger partial charge >= 0.3 is 0 Å². The summed E-state index contributed by atoms with van der Waals surface area (Å²) >= 11 is 17.4. The maximum atomic E-state index is 13.1. The summed E-state index contributed by atoms with van der Waals surface area (Å²) in [6.45, 7) is 5.71. The highest BCUT2D eigenvalue weighted by Crippen LogP contribution is 2.33. The van der Waals surface area contributed by atoms with Crippen LogP contribution in [0.25, 0.3) is 0 Å². The van der Waals surface area contributed by atoms with Gasteiger partial charge in [0, 0.05) is 12.5 Å². The van der Waals surface area contributed by atoms with Crippen LogP contribution in [0, 0.1) is 5.92 Å². The number of carbonyl (C=O) groups excluding carboxylic acids is 2. The molecule has 0 aromatic rings. The Labute approximate surface area is 169 Å². The van der Waals surface area contributed by atoms with E-state index >= 15 is 0 Å². The van der Waals surface area contributed by atoms with Crippen LogP contribution in [0.15, 0.2) is 11.8 Å². The van der Waals surface area contributed by atoms with Gasteiger partial charge in [-0.1, -0.05) is 55.6 Å². The second-order valence-corrected chi connectivity index (χ2v) is 9.22. The summed E-state index contributed by atoms with van der Waals surface area (Å²) in [6.07, 6.45) is 1.43. The number of carbonyl (C=O) groups is 2. The van der Waals surface area contributed by atoms with Gasteiger partial charge in [0.05, 0.1) is 13.2 Å². The monoisotopic (exact) mass is 428 g/mol. The van der Waals surface area contributed by atoms with E-state index in [4.69, 9.17) is 39.5 Å². The number of hydrogen-bond acceptors (Lipinski definition) is 4. The van der Waals surface area contributed by atoms with Crippen molar-refractivity contribution in [2.75, 3.05) is 7.11 Å². The van der Waals surface area contributed by atoms with Crippen molar-refractivity contribution in [3.05, 3.63) is 11.8 Å². The number of methoxy groups -OCH3 is 1. The molecule has 2 N–H and O–H groups in total. The van der Waals surface area contributed by atoms with Crippen LogP contribution in [0.1, 0.15) is 46.5 Å². The van der Waals surface area contributed by atoms with Crippen molar-refractivity contribution in [3.8, 4) is 0 Å². The first-order valence-electron chi connectivity index (χ1n) is 8.62. The molecule has 0 saturated heterocycles. The first kappa shape index (κ1) is 23.3. The smallest absolute Gasteiger partial charge is 0.248 e. The molecule has 3 atom stereocenters. The molecule has 1 unspecified atom stereocenters. The van der Waals surface area contributed by atoms with Crippen LogP contribution in [0.3, 0.4) is 0 Å². The number of amides is 2. The lowest BCUT2D eigenvalue weighted by Gasteiger charge is -2.33. The summed E-state index contributed by atoms with van der Waals surface area (Å²) in [5, 5.41) is 13.0. The number of halogens is 3. The third kappa shape index (κ3) is 6.80. The fraction of sp³-hybridized carbons (Fsp3) is 0.765. The van der Waals surface area contributed by atoms with Gasteiger partial charge in [0.15, 0.2) is 10.0 Å². The maximum Gasteiger partial charge on any atom is 0.248 e. The lowest BCUT2D eigenvalue weighted by atomic mass is 10.0. The average Bonchev–Trinajstić information content (AvgIpc) is 2.84. The molecule has 6 nitrogen and oxygen atoms in total. The Morgan fingerprint density at radius 2 is 2.00 bits per heavy atom. The number of hydrogen-bond donors (Lipinski definition) is 2. The Balaban J connectivity index is 3.03. The van der Waals surface area contributed by atoms with Crippen LogP contribution in [0.5, 0.6) is 0 Å². The number of nitrogens with zero attached hydrogens (tertiary/aromatic N) is 1. The molecule has 26 heavy (non-hydrogen) atoms. The second kappa shape index (κ2) is 10.0. The second-order valence-electron chi connectivity index (χ2n) is 6.71. The Bertz CT molecular complexity index is 535. The van der Waals surface area contributed by atoms with Crippen LogP contribution >= 0.6 is 34.8 Å². The van der Waals surface area contributed by atoms with E-state index in [-0.39, 0.29) is 31.1 Å². The molecule has 0 saturated carbocycles. The quantitative estimate of drug-likeness (QED) is 0.581. The minimum atomic E-state index is -1.54. The number of ether oxygens (including phenoxy) is 1. The molecule has 0 aromatic carbocycles. The predicted molar refractivity (Wildman–Crippen MR) is 103 cm³/mol. The maximum absolute atomic E-state index is 13.1. The molecule has 0 bridgehead atoms. The number of aliphatic hydroxyl groups is 1. The molecule has 1 aliphatic rings. The number of aliphatic hydroxyl groups excluding tert-OH is 1. The van der Waals surface area contributed by atoms with Gasteiger partial charge in [0.2, 0.25) is 11.8 Å². The van der Waals surface area contributed by atoms with Crippen molar-refractivity contribution in [1.82, 2.24) is 10.2 Å². The largest absolute Gasteiger partial charge is 0.499 e. The molecule has 0 radical (unpaired) electrons. The Morgan fingerprint density at radius 1 is 1.38 bits per heavy atom. The molecule has 150 valence electrons. The number of nitrogens with one attached hydrogen (secondary N) is 1. The van der Waals surface area contributed by atoms with E-state index in [9.17, 15) is 14.7 Å². The predicted octanol–water partition coefficient (Wildman–Crippen LogP) is 3.14. The molecular formula is C17H27Cl3N2O4. The van der Waals surface area contributed by atoms with Crippen LogP contribution in [0.2, 0.25) is 0 Å². The van der Waals surface area contributed by atoms with Gasteiger partial charge in [0.25, 0.3) is 0 Å². The minimum absolute atomic E-state index is 0.0847. The van der Waals surface area contributed by atoms with E-state index in [2.05, 4.69) is 5.32 Å². The van der Waals surface area contributed by atoms with Crippen molar-refractivity contribution in [2.24, 2.45) is 5.92 Å². The molecule has 1 rings (SSSR count). The number of rotatable bonds is 8. The molecule has 9 heteroatoms. The van der Waals surface area contributed by atoms with E-state index in [1.807, 2.05) is 13.8 Å². The van der Waals surface area contributed by atoms with Crippen molar-refractivity contribution in [3.63, 3.8) is 0 Å². The van der Waals surface area contributed by atoms with Gasteiger partial charge in [-0.05, 0) is 25.2 Å². The van der Waals surface area contributed by atoms with Gasteiger partial charge in [-0.3, -0.25) is 9.59 Å². The third-order valence-electron chi connectivity index (χ3n) is 4.12. The van der Waals surface area contributed by atoms with Crippen molar-refractivity contribution in [1.29, 1.82) is 0 Å². The molecular weight excluding hydrogens is 403 g/mol. The third-order valence-corrected chi connectivity index (χ3v) is 4.69. The van der Waals surface area contributed by atoms with Gasteiger partial charge < -0.3 is 20.1 Å². The van der Waals surface area contributed by atoms with Crippen LogP contribution < -0.4 is 5.32 Å². The summed E-state index contributed by atoms with van der Waals surface area (Å²) in [5.41, 5.74) is 0. The first-order chi connectivity index (χ1) is 12.0. The summed E-state index contributed by atoms with van der Waals surface area (Å²) in [6, 6.07) is -1.30. The topological polar surface area (TPSA) is 78.9 Å². The van der Waals surface area contributed by atoms with Gasteiger partial charge in [-0.15, -0.1) is 0 Å². The Hall–Kier alpha value is -0.690. The molecule has 0 fully saturated rings. The SMILES string of the molecule is CCC(=O)N[C@H](CCC(Cl)(Cl)Cl)C(=O)N1C(O)C=C(OC)[C@@H]1CC(C)C. The number of alkyl halides is 3. The van der Waals surface area contributed by atoms with Crippen molar-refractivity contribution >= 4 is 46.6 Å². The summed E-state index contributed by atoms with van der Waals surface area (Å²) in [7, 11) is 1.50. The lowest BCUT2D eigenvalue weighted by molar-refractivity contribution is -0.145. The first-order valence-corrected chi connectivity index (χ1v) is 9.75. The van der Waals surface area contributed by atoms with Gasteiger partial charge in [-0.2, -0.15) is 0 Å². The fourth-order valence-electron chi connectivity index (χ4n) is 2.87. The highest BCUT2D eigenvalue weighted by atomic mass is 35.6. The van der Waals surface area contributed by atoms with Crippen LogP contribution in [-0.4, -0.2) is 51.0 Å². The van der Waals surface area contributed by atoms with E-state index in [0.717, 1.165) is 0 Å². The zero-order valence-corrected chi connectivity index (χ0v) is 17.7. The molecule has 0 aromatic heterocycles. The van der Waals surface area contributed by atoms with E-state index in [1.54, 1.807) is 6.92 Å². The zero-order valence-electron chi connectivity index (χ0n) is 15.5. The van der Waals surface area contributed by atoms with Crippen molar-refractivity contribution < 1.29 is 19.4 Å². The average molecular weight is 430 g/mol. The van der Waals surface area contributed by atoms with Crippen LogP contribution in [-0.2, 0) is 14.3 Å². The standard InChI is InChI=1S/C17H27Cl3N2O4/c1-5-14(23)21-11(6-7-17(18,19)20)16(25)22-12(8-10(2)3)13(26-4)9-15(22)24/h9-12,15,24H,5-8H2,1-4H3,(H,21,23)/t11-,12+,15?/m1/s1. The van der Waals surface area contributed by atoms with Crippen molar-refractivity contribution in [2.45, 2.75) is 68.6 Å². The summed E-state index contributed by atoms with van der Waals surface area (Å²) in [4.78, 5) is 26.3.